The predicted molar refractivity (Wildman–Crippen MR) is 110 cm³/mol. The Morgan fingerprint density at radius 1 is 1.14 bits per heavy atom. The molecule has 3 N–H and O–H groups in total. The van der Waals surface area contributed by atoms with E-state index in [1.807, 2.05) is 17.0 Å². The summed E-state index contributed by atoms with van der Waals surface area (Å²) in [6.07, 6.45) is 5.68. The molecule has 1 aromatic carbocycles. The smallest absolute Gasteiger partial charge is 0.319 e. The maximum absolute atomic E-state index is 12.6. The lowest BCUT2D eigenvalue weighted by molar-refractivity contribution is 0.0683. The van der Waals surface area contributed by atoms with Gasteiger partial charge in [0.2, 0.25) is 0 Å². The van der Waals surface area contributed by atoms with Crippen molar-refractivity contribution in [3.63, 3.8) is 0 Å². The number of benzene rings is 1. The van der Waals surface area contributed by atoms with Crippen LogP contribution in [0.3, 0.4) is 0 Å². The summed E-state index contributed by atoms with van der Waals surface area (Å²) in [5, 5.41) is 8.74. The van der Waals surface area contributed by atoms with Gasteiger partial charge in [-0.1, -0.05) is 6.92 Å². The highest BCUT2D eigenvalue weighted by atomic mass is 16.2. The first-order valence-electron chi connectivity index (χ1n) is 9.70. The highest BCUT2D eigenvalue weighted by Gasteiger charge is 2.21. The Balaban J connectivity index is 1.42. The van der Waals surface area contributed by atoms with Crippen LogP contribution in [0.5, 0.6) is 0 Å². The van der Waals surface area contributed by atoms with Gasteiger partial charge in [-0.05, 0) is 55.2 Å². The van der Waals surface area contributed by atoms with Gasteiger partial charge < -0.3 is 20.9 Å². The molecule has 0 bridgehead atoms. The molecule has 2 heterocycles. The number of piperidine rings is 1. The summed E-state index contributed by atoms with van der Waals surface area (Å²) in [7, 11) is 0. The van der Waals surface area contributed by atoms with E-state index >= 15 is 0 Å². The molecule has 1 aliphatic heterocycles. The second-order valence-corrected chi connectivity index (χ2v) is 7.13. The number of carbonyl (C=O) groups excluding carboxylic acids is 2. The largest absolute Gasteiger partial charge is 0.382 e. The van der Waals surface area contributed by atoms with E-state index in [0.29, 0.717) is 30.3 Å². The molecule has 7 heteroatoms. The molecule has 1 fully saturated rings. The van der Waals surface area contributed by atoms with Gasteiger partial charge in [0.15, 0.2) is 0 Å². The summed E-state index contributed by atoms with van der Waals surface area (Å²) in [6, 6.07) is 10.5. The summed E-state index contributed by atoms with van der Waals surface area (Å²) in [5.74, 6) is 0.610. The maximum Gasteiger partial charge on any atom is 0.319 e. The summed E-state index contributed by atoms with van der Waals surface area (Å²) < 4.78 is 0. The maximum atomic E-state index is 12.6. The standard InChI is InChI=1S/C21H27N5O2/c1-16-4-3-13-26(15-16)20(27)17-6-8-18(9-7-17)25-21(28)24-12-11-23-19-5-2-10-22-14-19/h2,5-10,14,16,23H,3-4,11-13,15H2,1H3,(H2,24,25,28). The Hall–Kier alpha value is -3.09. The quantitative estimate of drug-likeness (QED) is 0.671. The molecule has 0 saturated carbocycles. The first-order valence-corrected chi connectivity index (χ1v) is 9.70. The molecule has 3 rings (SSSR count). The molecule has 7 nitrogen and oxygen atoms in total. The molecule has 2 aromatic rings. The van der Waals surface area contributed by atoms with Crippen LogP contribution >= 0.6 is 0 Å². The molecule has 0 radical (unpaired) electrons. The van der Waals surface area contributed by atoms with Crippen LogP contribution in [0, 0.1) is 5.92 Å². The number of urea groups is 1. The molecule has 0 aliphatic carbocycles. The number of aromatic nitrogens is 1. The van der Waals surface area contributed by atoms with E-state index in [-0.39, 0.29) is 11.9 Å². The Labute approximate surface area is 165 Å². The number of nitrogens with one attached hydrogen (secondary N) is 3. The SMILES string of the molecule is CC1CCCN(C(=O)c2ccc(NC(=O)NCCNc3cccnc3)cc2)C1. The van der Waals surface area contributed by atoms with Crippen molar-refractivity contribution < 1.29 is 9.59 Å². The zero-order chi connectivity index (χ0) is 19.8. The van der Waals surface area contributed by atoms with E-state index in [4.69, 9.17) is 0 Å². The Morgan fingerprint density at radius 2 is 1.96 bits per heavy atom. The van der Waals surface area contributed by atoms with Crippen LogP contribution in [0.15, 0.2) is 48.8 Å². The first kappa shape index (κ1) is 19.7. The number of rotatable bonds is 6. The molecule has 148 valence electrons. The van der Waals surface area contributed by atoms with Crippen molar-refractivity contribution in [3.8, 4) is 0 Å². The van der Waals surface area contributed by atoms with Crippen LogP contribution in [-0.2, 0) is 0 Å². The molecule has 28 heavy (non-hydrogen) atoms. The Bertz CT molecular complexity index is 779. The number of likely N-dealkylation sites (tertiary alicyclic amines) is 1. The van der Waals surface area contributed by atoms with Crippen molar-refractivity contribution >= 4 is 23.3 Å². The number of anilines is 2. The predicted octanol–water partition coefficient (Wildman–Crippen LogP) is 3.19. The van der Waals surface area contributed by atoms with E-state index in [1.54, 1.807) is 36.7 Å². The van der Waals surface area contributed by atoms with Gasteiger partial charge in [0.25, 0.3) is 5.91 Å². The number of hydrogen-bond acceptors (Lipinski definition) is 4. The third-order valence-corrected chi connectivity index (χ3v) is 4.74. The molecular weight excluding hydrogens is 354 g/mol. The topological polar surface area (TPSA) is 86.4 Å². The van der Waals surface area contributed by atoms with E-state index in [0.717, 1.165) is 25.2 Å². The van der Waals surface area contributed by atoms with Gasteiger partial charge in [-0.25, -0.2) is 4.79 Å². The third kappa shape index (κ3) is 5.70. The van der Waals surface area contributed by atoms with Gasteiger partial charge in [-0.15, -0.1) is 0 Å². The number of carbonyl (C=O) groups is 2. The number of amides is 3. The fraction of sp³-hybridized carbons (Fsp3) is 0.381. The third-order valence-electron chi connectivity index (χ3n) is 4.74. The van der Waals surface area contributed by atoms with Crippen LogP contribution in [0.4, 0.5) is 16.2 Å². The molecule has 1 saturated heterocycles. The lowest BCUT2D eigenvalue weighted by Gasteiger charge is -2.31. The van der Waals surface area contributed by atoms with Crippen molar-refractivity contribution in [2.75, 3.05) is 36.8 Å². The summed E-state index contributed by atoms with van der Waals surface area (Å²) >= 11 is 0. The number of hydrogen-bond donors (Lipinski definition) is 3. The van der Waals surface area contributed by atoms with Gasteiger partial charge >= 0.3 is 6.03 Å². The summed E-state index contributed by atoms with van der Waals surface area (Å²) in [4.78, 5) is 30.5. The van der Waals surface area contributed by atoms with Crippen LogP contribution in [0.1, 0.15) is 30.1 Å². The Morgan fingerprint density at radius 3 is 2.68 bits per heavy atom. The zero-order valence-electron chi connectivity index (χ0n) is 16.1. The van der Waals surface area contributed by atoms with Crippen LogP contribution in [-0.4, -0.2) is 48.0 Å². The average Bonchev–Trinajstić information content (AvgIpc) is 2.72. The fourth-order valence-corrected chi connectivity index (χ4v) is 3.28. The monoisotopic (exact) mass is 381 g/mol. The highest BCUT2D eigenvalue weighted by molar-refractivity contribution is 5.95. The molecular formula is C21H27N5O2. The highest BCUT2D eigenvalue weighted by Crippen LogP contribution is 2.19. The minimum atomic E-state index is -0.281. The normalized spacial score (nSPS) is 16.3. The Kier molecular flexibility index (Phi) is 6.84. The zero-order valence-corrected chi connectivity index (χ0v) is 16.1. The van der Waals surface area contributed by atoms with Gasteiger partial charge in [0.1, 0.15) is 0 Å². The van der Waals surface area contributed by atoms with Crippen molar-refractivity contribution in [2.45, 2.75) is 19.8 Å². The summed E-state index contributed by atoms with van der Waals surface area (Å²) in [6.45, 7) is 4.88. The second kappa shape index (κ2) is 9.73. The molecule has 1 atom stereocenters. The van der Waals surface area contributed by atoms with Crippen LogP contribution < -0.4 is 16.0 Å². The van der Waals surface area contributed by atoms with Gasteiger partial charge in [-0.2, -0.15) is 0 Å². The second-order valence-electron chi connectivity index (χ2n) is 7.13. The lowest BCUT2D eigenvalue weighted by Crippen LogP contribution is -2.39. The van der Waals surface area contributed by atoms with Crippen LogP contribution in [0.25, 0.3) is 0 Å². The molecule has 3 amide bonds. The summed E-state index contributed by atoms with van der Waals surface area (Å²) in [5.41, 5.74) is 2.22. The van der Waals surface area contributed by atoms with Gasteiger partial charge in [-0.3, -0.25) is 9.78 Å². The van der Waals surface area contributed by atoms with Crippen LogP contribution in [0.2, 0.25) is 0 Å². The van der Waals surface area contributed by atoms with Crippen molar-refractivity contribution in [1.29, 1.82) is 0 Å². The number of nitrogens with zero attached hydrogens (tertiary/aromatic N) is 2. The number of pyridine rings is 1. The van der Waals surface area contributed by atoms with E-state index in [2.05, 4.69) is 27.9 Å². The average molecular weight is 381 g/mol. The van der Waals surface area contributed by atoms with Crippen molar-refractivity contribution in [2.24, 2.45) is 5.92 Å². The molecule has 0 spiro atoms. The minimum Gasteiger partial charge on any atom is -0.382 e. The van der Waals surface area contributed by atoms with E-state index in [9.17, 15) is 9.59 Å². The fourth-order valence-electron chi connectivity index (χ4n) is 3.28. The van der Waals surface area contributed by atoms with E-state index < -0.39 is 0 Å². The molecule has 1 aliphatic rings. The molecule has 1 unspecified atom stereocenters. The van der Waals surface area contributed by atoms with E-state index in [1.165, 1.54) is 6.42 Å². The lowest BCUT2D eigenvalue weighted by atomic mass is 9.99. The minimum absolute atomic E-state index is 0.0593. The van der Waals surface area contributed by atoms with Crippen molar-refractivity contribution in [3.05, 3.63) is 54.4 Å². The molecule has 1 aromatic heterocycles. The van der Waals surface area contributed by atoms with Crippen molar-refractivity contribution in [1.82, 2.24) is 15.2 Å². The van der Waals surface area contributed by atoms with Gasteiger partial charge in [0, 0.05) is 49.8 Å². The first-order chi connectivity index (χ1) is 13.6. The van der Waals surface area contributed by atoms with Gasteiger partial charge in [0.05, 0.1) is 5.69 Å².